The van der Waals surface area contributed by atoms with Gasteiger partial charge < -0.3 is 5.73 Å². The van der Waals surface area contributed by atoms with Crippen LogP contribution < -0.4 is 5.73 Å². The molecule has 0 spiro atoms. The highest BCUT2D eigenvalue weighted by Gasteiger charge is 2.22. The van der Waals surface area contributed by atoms with E-state index in [-0.39, 0.29) is 5.41 Å². The van der Waals surface area contributed by atoms with Gasteiger partial charge in [-0.2, -0.15) is 5.10 Å². The van der Waals surface area contributed by atoms with Crippen molar-refractivity contribution in [2.75, 3.05) is 6.54 Å². The largest absolute Gasteiger partial charge is 0.330 e. The average Bonchev–Trinajstić information content (AvgIpc) is 2.50. The fraction of sp³-hybridized carbons (Fsp3) is 0.727. The molecule has 0 aromatic carbocycles. The molecule has 3 N–H and O–H groups in total. The third kappa shape index (κ3) is 2.35. The summed E-state index contributed by atoms with van der Waals surface area (Å²) in [6, 6.07) is 0. The molecule has 0 fully saturated rings. The minimum absolute atomic E-state index is 0.134. The van der Waals surface area contributed by atoms with Crippen molar-refractivity contribution in [1.29, 1.82) is 0 Å². The minimum Gasteiger partial charge on any atom is -0.330 e. The molecular formula is C11H21N3. The van der Waals surface area contributed by atoms with Gasteiger partial charge in [-0.25, -0.2) is 0 Å². The topological polar surface area (TPSA) is 54.7 Å². The summed E-state index contributed by atoms with van der Waals surface area (Å²) >= 11 is 0. The van der Waals surface area contributed by atoms with Crippen molar-refractivity contribution in [3.63, 3.8) is 0 Å². The zero-order valence-electron chi connectivity index (χ0n) is 9.59. The van der Waals surface area contributed by atoms with E-state index >= 15 is 0 Å². The highest BCUT2D eigenvalue weighted by Crippen LogP contribution is 2.29. The second-order valence-electron chi connectivity index (χ2n) is 4.93. The first-order valence-electron chi connectivity index (χ1n) is 5.20. The molecule has 0 radical (unpaired) electrons. The second kappa shape index (κ2) is 4.13. The summed E-state index contributed by atoms with van der Waals surface area (Å²) in [4.78, 5) is 0. The maximum Gasteiger partial charge on any atom is 0.0525 e. The molecule has 0 aliphatic heterocycles. The van der Waals surface area contributed by atoms with Crippen LogP contribution in [0.2, 0.25) is 0 Å². The van der Waals surface area contributed by atoms with Gasteiger partial charge >= 0.3 is 0 Å². The van der Waals surface area contributed by atoms with Crippen molar-refractivity contribution in [2.45, 2.75) is 45.4 Å². The quantitative estimate of drug-likeness (QED) is 0.776. The van der Waals surface area contributed by atoms with Crippen molar-refractivity contribution in [1.82, 2.24) is 10.2 Å². The lowest BCUT2D eigenvalue weighted by molar-refractivity contribution is 0.549. The van der Waals surface area contributed by atoms with E-state index in [1.165, 1.54) is 11.3 Å². The lowest BCUT2D eigenvalue weighted by atomic mass is 9.85. The average molecular weight is 195 g/mol. The van der Waals surface area contributed by atoms with Crippen molar-refractivity contribution in [3.8, 4) is 0 Å². The zero-order valence-corrected chi connectivity index (χ0v) is 9.59. The van der Waals surface area contributed by atoms with Gasteiger partial charge in [0, 0.05) is 11.1 Å². The molecule has 80 valence electrons. The van der Waals surface area contributed by atoms with Crippen LogP contribution in [0.4, 0.5) is 0 Å². The van der Waals surface area contributed by atoms with Gasteiger partial charge in [-0.1, -0.05) is 27.7 Å². The van der Waals surface area contributed by atoms with Gasteiger partial charge in [0.2, 0.25) is 0 Å². The second-order valence-corrected chi connectivity index (χ2v) is 4.93. The van der Waals surface area contributed by atoms with Crippen LogP contribution in [0.25, 0.3) is 0 Å². The number of rotatable bonds is 3. The van der Waals surface area contributed by atoms with Crippen LogP contribution in [0.15, 0.2) is 6.20 Å². The Morgan fingerprint density at radius 3 is 2.64 bits per heavy atom. The minimum atomic E-state index is 0.134. The van der Waals surface area contributed by atoms with Gasteiger partial charge in [0.1, 0.15) is 0 Å². The number of aromatic nitrogens is 2. The van der Waals surface area contributed by atoms with Crippen molar-refractivity contribution < 1.29 is 0 Å². The lowest BCUT2D eigenvalue weighted by Crippen LogP contribution is -2.16. The van der Waals surface area contributed by atoms with E-state index < -0.39 is 0 Å². The fourth-order valence-corrected chi connectivity index (χ4v) is 1.68. The van der Waals surface area contributed by atoms with Crippen LogP contribution in [0, 0.1) is 0 Å². The highest BCUT2D eigenvalue weighted by molar-refractivity contribution is 5.26. The Kier molecular flexibility index (Phi) is 3.32. The Balaban J connectivity index is 2.93. The van der Waals surface area contributed by atoms with E-state index in [0.717, 1.165) is 13.0 Å². The molecule has 1 rings (SSSR count). The molecule has 0 bridgehead atoms. The van der Waals surface area contributed by atoms with Crippen LogP contribution in [0.3, 0.4) is 0 Å². The number of nitrogens with zero attached hydrogens (tertiary/aromatic N) is 1. The van der Waals surface area contributed by atoms with E-state index in [1.807, 2.05) is 6.20 Å². The van der Waals surface area contributed by atoms with Crippen molar-refractivity contribution in [3.05, 3.63) is 17.5 Å². The first-order chi connectivity index (χ1) is 6.46. The molecule has 0 aliphatic rings. The van der Waals surface area contributed by atoms with Crippen LogP contribution >= 0.6 is 0 Å². The standard InChI is InChI=1S/C11H21N3/c1-8(5-6-12)9-7-13-14-10(9)11(2,3)4/h7-8H,5-6,12H2,1-4H3,(H,13,14). The summed E-state index contributed by atoms with van der Waals surface area (Å²) in [5.74, 6) is 0.493. The number of hydrogen-bond donors (Lipinski definition) is 2. The summed E-state index contributed by atoms with van der Waals surface area (Å²) < 4.78 is 0. The summed E-state index contributed by atoms with van der Waals surface area (Å²) in [6.45, 7) is 9.51. The SMILES string of the molecule is CC(CCN)c1cn[nH]c1C(C)(C)C. The highest BCUT2D eigenvalue weighted by atomic mass is 15.1. The molecule has 1 heterocycles. The molecule has 14 heavy (non-hydrogen) atoms. The number of H-pyrrole nitrogens is 1. The van der Waals surface area contributed by atoms with E-state index in [0.29, 0.717) is 5.92 Å². The molecule has 0 saturated carbocycles. The fourth-order valence-electron chi connectivity index (χ4n) is 1.68. The number of aromatic amines is 1. The van der Waals surface area contributed by atoms with Crippen LogP contribution in [-0.2, 0) is 5.41 Å². The third-order valence-corrected chi connectivity index (χ3v) is 2.55. The predicted octanol–water partition coefficient (Wildman–Crippen LogP) is 2.16. The van der Waals surface area contributed by atoms with E-state index in [4.69, 9.17) is 5.73 Å². The molecule has 1 unspecified atom stereocenters. The first-order valence-corrected chi connectivity index (χ1v) is 5.20. The Bertz CT molecular complexity index is 283. The van der Waals surface area contributed by atoms with Gasteiger partial charge in [0.25, 0.3) is 0 Å². The number of nitrogens with two attached hydrogens (primary N) is 1. The van der Waals surface area contributed by atoms with Gasteiger partial charge in [-0.3, -0.25) is 5.10 Å². The molecule has 1 aromatic rings. The Morgan fingerprint density at radius 2 is 2.14 bits per heavy atom. The lowest BCUT2D eigenvalue weighted by Gasteiger charge is -2.21. The van der Waals surface area contributed by atoms with Crippen LogP contribution in [0.1, 0.15) is 51.3 Å². The number of nitrogens with one attached hydrogen (secondary N) is 1. The monoisotopic (exact) mass is 195 g/mol. The van der Waals surface area contributed by atoms with Gasteiger partial charge in [0.05, 0.1) is 6.20 Å². The normalized spacial score (nSPS) is 14.4. The van der Waals surface area contributed by atoms with Crippen molar-refractivity contribution >= 4 is 0 Å². The molecule has 3 heteroatoms. The predicted molar refractivity (Wildman–Crippen MR) is 59.4 cm³/mol. The van der Waals surface area contributed by atoms with Crippen LogP contribution in [0.5, 0.6) is 0 Å². The molecule has 3 nitrogen and oxygen atoms in total. The van der Waals surface area contributed by atoms with Crippen molar-refractivity contribution in [2.24, 2.45) is 5.73 Å². The number of hydrogen-bond acceptors (Lipinski definition) is 2. The molecule has 1 aromatic heterocycles. The Hall–Kier alpha value is -0.830. The first kappa shape index (κ1) is 11.2. The molecule has 1 atom stereocenters. The van der Waals surface area contributed by atoms with Crippen LogP contribution in [-0.4, -0.2) is 16.7 Å². The van der Waals surface area contributed by atoms with E-state index in [2.05, 4.69) is 37.9 Å². The van der Waals surface area contributed by atoms with E-state index in [1.54, 1.807) is 0 Å². The maximum atomic E-state index is 5.56. The summed E-state index contributed by atoms with van der Waals surface area (Å²) in [6.07, 6.45) is 2.95. The molecule has 0 aliphatic carbocycles. The van der Waals surface area contributed by atoms with Gasteiger partial charge in [-0.05, 0) is 24.4 Å². The molecule has 0 amide bonds. The third-order valence-electron chi connectivity index (χ3n) is 2.55. The molecular weight excluding hydrogens is 174 g/mol. The summed E-state index contributed by atoms with van der Waals surface area (Å²) in [5.41, 5.74) is 8.24. The molecule has 0 saturated heterocycles. The van der Waals surface area contributed by atoms with Gasteiger partial charge in [-0.15, -0.1) is 0 Å². The Morgan fingerprint density at radius 1 is 1.50 bits per heavy atom. The Labute approximate surface area is 86.1 Å². The summed E-state index contributed by atoms with van der Waals surface area (Å²) in [5, 5.41) is 7.22. The maximum absolute atomic E-state index is 5.56. The zero-order chi connectivity index (χ0) is 10.8. The van der Waals surface area contributed by atoms with E-state index in [9.17, 15) is 0 Å². The van der Waals surface area contributed by atoms with Gasteiger partial charge in [0.15, 0.2) is 0 Å². The summed E-state index contributed by atoms with van der Waals surface area (Å²) in [7, 11) is 0. The smallest absolute Gasteiger partial charge is 0.0525 e.